The molecule has 0 aliphatic heterocycles. The van der Waals surface area contributed by atoms with Crippen LogP contribution in [0.15, 0.2) is 59.8 Å². The first-order valence-electron chi connectivity index (χ1n) is 6.95. The van der Waals surface area contributed by atoms with Crippen molar-refractivity contribution in [3.8, 4) is 0 Å². The number of amides is 1. The van der Waals surface area contributed by atoms with E-state index in [-0.39, 0.29) is 12.5 Å². The second-order valence-corrected chi connectivity index (χ2v) is 5.08. The summed E-state index contributed by atoms with van der Waals surface area (Å²) in [6.45, 7) is 0.478. The Morgan fingerprint density at radius 2 is 1.86 bits per heavy atom. The molecule has 114 valence electrons. The van der Waals surface area contributed by atoms with E-state index in [0.717, 1.165) is 12.0 Å². The number of nitrogens with zero attached hydrogens (tertiary/aromatic N) is 1. The van der Waals surface area contributed by atoms with Crippen molar-refractivity contribution in [1.82, 2.24) is 5.32 Å². The lowest BCUT2D eigenvalue weighted by Gasteiger charge is -2.04. The van der Waals surface area contributed by atoms with Crippen molar-refractivity contribution in [2.75, 3.05) is 13.2 Å². The molecule has 2 aromatic rings. The highest BCUT2D eigenvalue weighted by molar-refractivity contribution is 6.30. The predicted octanol–water partition coefficient (Wildman–Crippen LogP) is 3.05. The number of oxime groups is 1. The fourth-order valence-electron chi connectivity index (χ4n) is 1.78. The number of carbonyl (C=O) groups is 1. The molecule has 0 aliphatic carbocycles. The van der Waals surface area contributed by atoms with Crippen LogP contribution in [0.1, 0.15) is 11.1 Å². The molecule has 1 N–H and O–H groups in total. The quantitative estimate of drug-likeness (QED) is 0.630. The van der Waals surface area contributed by atoms with Gasteiger partial charge in [0.1, 0.15) is 0 Å². The Bertz CT molecular complexity index is 612. The van der Waals surface area contributed by atoms with E-state index in [2.05, 4.69) is 10.5 Å². The van der Waals surface area contributed by atoms with Crippen LogP contribution in [0.2, 0.25) is 5.02 Å². The molecule has 0 unspecified atom stereocenters. The van der Waals surface area contributed by atoms with E-state index < -0.39 is 0 Å². The maximum atomic E-state index is 11.6. The van der Waals surface area contributed by atoms with Crippen LogP contribution >= 0.6 is 11.6 Å². The van der Waals surface area contributed by atoms with Gasteiger partial charge in [-0.1, -0.05) is 59.2 Å². The Morgan fingerprint density at radius 3 is 2.59 bits per heavy atom. The van der Waals surface area contributed by atoms with Gasteiger partial charge >= 0.3 is 0 Å². The molecule has 0 heterocycles. The first-order valence-corrected chi connectivity index (χ1v) is 7.33. The highest BCUT2D eigenvalue weighted by Gasteiger charge is 2.00. The molecule has 0 fully saturated rings. The van der Waals surface area contributed by atoms with Gasteiger partial charge in [-0.25, -0.2) is 0 Å². The normalized spacial score (nSPS) is 10.6. The minimum Gasteiger partial charge on any atom is -0.386 e. The summed E-state index contributed by atoms with van der Waals surface area (Å²) in [5.41, 5.74) is 2.04. The van der Waals surface area contributed by atoms with Crippen LogP contribution in [0.5, 0.6) is 0 Å². The zero-order valence-electron chi connectivity index (χ0n) is 12.0. The standard InChI is InChI=1S/C17H17ClN2O2/c18-16-8-6-15(7-9-16)12-20-22-13-17(21)19-11-10-14-4-2-1-3-5-14/h1-9,12H,10-11,13H2,(H,19,21)/b20-12-. The lowest BCUT2D eigenvalue weighted by molar-refractivity contribution is -0.125. The summed E-state index contributed by atoms with van der Waals surface area (Å²) in [7, 11) is 0. The molecule has 0 atom stereocenters. The number of hydrogen-bond donors (Lipinski definition) is 1. The molecule has 0 aliphatic rings. The second kappa shape index (κ2) is 8.85. The summed E-state index contributed by atoms with van der Waals surface area (Å²) in [4.78, 5) is 16.5. The Morgan fingerprint density at radius 1 is 1.14 bits per heavy atom. The average molecular weight is 317 g/mol. The molecule has 1 amide bonds. The van der Waals surface area contributed by atoms with E-state index in [9.17, 15) is 4.79 Å². The number of carbonyl (C=O) groups excluding carboxylic acids is 1. The lowest BCUT2D eigenvalue weighted by atomic mass is 10.1. The van der Waals surface area contributed by atoms with Crippen molar-refractivity contribution in [1.29, 1.82) is 0 Å². The Labute approximate surface area is 134 Å². The zero-order chi connectivity index (χ0) is 15.6. The number of nitrogens with one attached hydrogen (secondary N) is 1. The zero-order valence-corrected chi connectivity index (χ0v) is 12.8. The molecule has 22 heavy (non-hydrogen) atoms. The second-order valence-electron chi connectivity index (χ2n) is 4.65. The summed E-state index contributed by atoms with van der Waals surface area (Å²) < 4.78 is 0. The minimum absolute atomic E-state index is 0.0983. The molecule has 0 saturated heterocycles. The maximum Gasteiger partial charge on any atom is 0.260 e. The first kappa shape index (κ1) is 16.0. The van der Waals surface area contributed by atoms with Gasteiger partial charge in [0.05, 0.1) is 6.21 Å². The van der Waals surface area contributed by atoms with Crippen LogP contribution in [-0.2, 0) is 16.1 Å². The van der Waals surface area contributed by atoms with Crippen LogP contribution in [0.4, 0.5) is 0 Å². The summed E-state index contributed by atoms with van der Waals surface area (Å²) in [6, 6.07) is 17.1. The number of hydrogen-bond acceptors (Lipinski definition) is 3. The van der Waals surface area contributed by atoms with Gasteiger partial charge in [0.2, 0.25) is 0 Å². The highest BCUT2D eigenvalue weighted by atomic mass is 35.5. The van der Waals surface area contributed by atoms with Crippen molar-refractivity contribution < 1.29 is 9.63 Å². The van der Waals surface area contributed by atoms with Crippen LogP contribution in [0.25, 0.3) is 0 Å². The topological polar surface area (TPSA) is 50.7 Å². The third-order valence-corrected chi connectivity index (χ3v) is 3.17. The van der Waals surface area contributed by atoms with Crippen LogP contribution in [-0.4, -0.2) is 25.3 Å². The van der Waals surface area contributed by atoms with Gasteiger partial charge < -0.3 is 10.2 Å². The van der Waals surface area contributed by atoms with Gasteiger partial charge in [0.25, 0.3) is 5.91 Å². The highest BCUT2D eigenvalue weighted by Crippen LogP contribution is 2.07. The van der Waals surface area contributed by atoms with E-state index in [1.54, 1.807) is 12.1 Å². The predicted molar refractivity (Wildman–Crippen MR) is 88.2 cm³/mol. The minimum atomic E-state index is -0.191. The third kappa shape index (κ3) is 5.97. The number of benzene rings is 2. The smallest absolute Gasteiger partial charge is 0.260 e. The summed E-state index contributed by atoms with van der Waals surface area (Å²) in [6.07, 6.45) is 2.33. The monoisotopic (exact) mass is 316 g/mol. The first-order chi connectivity index (χ1) is 10.7. The largest absolute Gasteiger partial charge is 0.386 e. The lowest BCUT2D eigenvalue weighted by Crippen LogP contribution is -2.28. The van der Waals surface area contributed by atoms with Gasteiger partial charge in [0.15, 0.2) is 6.61 Å². The van der Waals surface area contributed by atoms with Crippen molar-refractivity contribution in [2.24, 2.45) is 5.16 Å². The molecule has 2 rings (SSSR count). The Kier molecular flexibility index (Phi) is 6.45. The van der Waals surface area contributed by atoms with Gasteiger partial charge in [-0.05, 0) is 29.7 Å². The third-order valence-electron chi connectivity index (χ3n) is 2.92. The van der Waals surface area contributed by atoms with E-state index in [1.165, 1.54) is 11.8 Å². The van der Waals surface area contributed by atoms with Crippen LogP contribution < -0.4 is 5.32 Å². The summed E-state index contributed by atoms with van der Waals surface area (Å²) in [5, 5.41) is 7.19. The SMILES string of the molecule is O=C(CO/N=C\c1ccc(Cl)cc1)NCCc1ccccc1. The fourth-order valence-corrected chi connectivity index (χ4v) is 1.91. The van der Waals surface area contributed by atoms with Gasteiger partial charge in [0, 0.05) is 11.6 Å². The molecule has 0 spiro atoms. The van der Waals surface area contributed by atoms with Crippen LogP contribution in [0.3, 0.4) is 0 Å². The van der Waals surface area contributed by atoms with E-state index in [1.807, 2.05) is 42.5 Å². The molecule has 2 aromatic carbocycles. The van der Waals surface area contributed by atoms with Crippen molar-refractivity contribution in [3.05, 3.63) is 70.7 Å². The Balaban J connectivity index is 1.62. The fraction of sp³-hybridized carbons (Fsp3) is 0.176. The van der Waals surface area contributed by atoms with Crippen molar-refractivity contribution >= 4 is 23.7 Å². The summed E-state index contributed by atoms with van der Waals surface area (Å²) >= 11 is 5.78. The van der Waals surface area contributed by atoms with E-state index in [0.29, 0.717) is 11.6 Å². The average Bonchev–Trinajstić information content (AvgIpc) is 2.54. The molecular weight excluding hydrogens is 300 g/mol. The maximum absolute atomic E-state index is 11.6. The van der Waals surface area contributed by atoms with Gasteiger partial charge in [-0.2, -0.15) is 0 Å². The van der Waals surface area contributed by atoms with Crippen molar-refractivity contribution in [3.63, 3.8) is 0 Å². The van der Waals surface area contributed by atoms with Crippen molar-refractivity contribution in [2.45, 2.75) is 6.42 Å². The van der Waals surface area contributed by atoms with Gasteiger partial charge in [-0.15, -0.1) is 0 Å². The molecule has 5 heteroatoms. The molecule has 0 radical (unpaired) electrons. The summed E-state index contributed by atoms with van der Waals surface area (Å²) in [5.74, 6) is -0.191. The van der Waals surface area contributed by atoms with E-state index >= 15 is 0 Å². The van der Waals surface area contributed by atoms with E-state index in [4.69, 9.17) is 16.4 Å². The molecular formula is C17H17ClN2O2. The number of rotatable bonds is 7. The van der Waals surface area contributed by atoms with Gasteiger partial charge in [-0.3, -0.25) is 4.79 Å². The molecule has 0 bridgehead atoms. The van der Waals surface area contributed by atoms with Crippen LogP contribution in [0, 0.1) is 0 Å². The molecule has 0 aromatic heterocycles. The molecule has 4 nitrogen and oxygen atoms in total. The molecule has 0 saturated carbocycles. The number of halogens is 1. The Hall–Kier alpha value is -2.33.